The summed E-state index contributed by atoms with van der Waals surface area (Å²) in [5.41, 5.74) is 0.269. The molecular formula is C12H26N2S. The van der Waals surface area contributed by atoms with Crippen molar-refractivity contribution >= 4 is 11.8 Å². The van der Waals surface area contributed by atoms with E-state index in [0.29, 0.717) is 4.75 Å². The summed E-state index contributed by atoms with van der Waals surface area (Å²) in [4.78, 5) is 2.61. The molecule has 0 saturated carbocycles. The average molecular weight is 230 g/mol. The average Bonchev–Trinajstić information content (AvgIpc) is 2.25. The second-order valence-corrected chi connectivity index (χ2v) is 7.35. The van der Waals surface area contributed by atoms with E-state index >= 15 is 0 Å². The highest BCUT2D eigenvalue weighted by molar-refractivity contribution is 7.99. The van der Waals surface area contributed by atoms with Crippen LogP contribution in [0.15, 0.2) is 0 Å². The molecule has 90 valence electrons. The highest BCUT2D eigenvalue weighted by Crippen LogP contribution is 2.24. The van der Waals surface area contributed by atoms with Crippen LogP contribution in [0, 0.1) is 0 Å². The second kappa shape index (κ2) is 5.07. The van der Waals surface area contributed by atoms with Crippen molar-refractivity contribution in [3.8, 4) is 0 Å². The zero-order chi connectivity index (χ0) is 11.5. The third-order valence-electron chi connectivity index (χ3n) is 3.03. The first-order valence-corrected chi connectivity index (χ1v) is 7.10. The van der Waals surface area contributed by atoms with Crippen molar-refractivity contribution < 1.29 is 0 Å². The molecule has 0 aromatic rings. The lowest BCUT2D eigenvalue weighted by Crippen LogP contribution is -2.48. The van der Waals surface area contributed by atoms with Gasteiger partial charge in [0.05, 0.1) is 0 Å². The van der Waals surface area contributed by atoms with Gasteiger partial charge in [-0.25, -0.2) is 0 Å². The molecule has 0 aromatic carbocycles. The minimum Gasteiger partial charge on any atom is -0.310 e. The van der Waals surface area contributed by atoms with Crippen LogP contribution in [-0.4, -0.2) is 47.6 Å². The number of nitrogens with zero attached hydrogens (tertiary/aromatic N) is 1. The van der Waals surface area contributed by atoms with Gasteiger partial charge in [-0.05, 0) is 53.5 Å². The fourth-order valence-electron chi connectivity index (χ4n) is 2.16. The molecule has 0 aliphatic carbocycles. The fraction of sp³-hybridized carbons (Fsp3) is 1.00. The number of rotatable bonds is 3. The molecule has 1 aliphatic rings. The van der Waals surface area contributed by atoms with Gasteiger partial charge < -0.3 is 10.2 Å². The van der Waals surface area contributed by atoms with E-state index in [4.69, 9.17) is 0 Å². The highest BCUT2D eigenvalue weighted by Gasteiger charge is 2.27. The number of hydrogen-bond acceptors (Lipinski definition) is 3. The Balaban J connectivity index is 2.53. The van der Waals surface area contributed by atoms with Gasteiger partial charge in [-0.2, -0.15) is 11.8 Å². The first kappa shape index (κ1) is 13.3. The van der Waals surface area contributed by atoms with E-state index in [-0.39, 0.29) is 5.54 Å². The van der Waals surface area contributed by atoms with Crippen molar-refractivity contribution in [2.45, 2.75) is 44.4 Å². The molecule has 0 aromatic heterocycles. The smallest absolute Gasteiger partial charge is 0.0252 e. The van der Waals surface area contributed by atoms with Crippen LogP contribution >= 0.6 is 11.8 Å². The topological polar surface area (TPSA) is 15.3 Å². The molecule has 0 atom stereocenters. The molecule has 1 aliphatic heterocycles. The van der Waals surface area contributed by atoms with E-state index < -0.39 is 0 Å². The molecule has 2 nitrogen and oxygen atoms in total. The normalized spacial score (nSPS) is 23.8. The predicted molar refractivity (Wildman–Crippen MR) is 70.7 cm³/mol. The van der Waals surface area contributed by atoms with Gasteiger partial charge in [0.25, 0.3) is 0 Å². The Hall–Kier alpha value is 0.270. The summed E-state index contributed by atoms with van der Waals surface area (Å²) in [5, 5.41) is 3.61. The largest absolute Gasteiger partial charge is 0.310 e. The summed E-state index contributed by atoms with van der Waals surface area (Å²) < 4.78 is 0.375. The molecule has 1 fully saturated rings. The number of hydrogen-bond donors (Lipinski definition) is 1. The third-order valence-corrected chi connectivity index (χ3v) is 4.26. The molecule has 0 spiro atoms. The maximum absolute atomic E-state index is 3.61. The molecule has 3 heteroatoms. The van der Waals surface area contributed by atoms with Gasteiger partial charge in [-0.3, -0.25) is 0 Å². The van der Waals surface area contributed by atoms with Crippen molar-refractivity contribution in [1.29, 1.82) is 0 Å². The second-order valence-electron chi connectivity index (χ2n) is 5.84. The van der Waals surface area contributed by atoms with Crippen LogP contribution in [0.2, 0.25) is 0 Å². The summed E-state index contributed by atoms with van der Waals surface area (Å²) in [5.74, 6) is 0. The van der Waals surface area contributed by atoms with Crippen LogP contribution in [0.4, 0.5) is 0 Å². The van der Waals surface area contributed by atoms with Crippen LogP contribution in [0.1, 0.15) is 34.1 Å². The maximum Gasteiger partial charge on any atom is 0.0252 e. The molecule has 1 N–H and O–H groups in total. The van der Waals surface area contributed by atoms with Crippen LogP contribution in [-0.2, 0) is 0 Å². The van der Waals surface area contributed by atoms with Crippen LogP contribution in [0.3, 0.4) is 0 Å². The lowest BCUT2D eigenvalue weighted by atomic mass is 10.0. The third kappa shape index (κ3) is 4.75. The minimum absolute atomic E-state index is 0.269. The Bertz CT molecular complexity index is 202. The van der Waals surface area contributed by atoms with Crippen LogP contribution in [0.5, 0.6) is 0 Å². The molecule has 0 unspecified atom stereocenters. The van der Waals surface area contributed by atoms with E-state index in [1.54, 1.807) is 0 Å². The lowest BCUT2D eigenvalue weighted by Gasteiger charge is -2.35. The van der Waals surface area contributed by atoms with Gasteiger partial charge in [0.2, 0.25) is 0 Å². The van der Waals surface area contributed by atoms with Crippen molar-refractivity contribution in [3.63, 3.8) is 0 Å². The molecule has 0 amide bonds. The maximum atomic E-state index is 3.61. The molecule has 1 saturated heterocycles. The van der Waals surface area contributed by atoms with Crippen LogP contribution in [0.25, 0.3) is 0 Å². The van der Waals surface area contributed by atoms with Crippen LogP contribution < -0.4 is 5.32 Å². The molecule has 1 rings (SSSR count). The van der Waals surface area contributed by atoms with E-state index in [2.05, 4.69) is 44.2 Å². The number of thioether (sulfide) groups is 1. The van der Waals surface area contributed by atoms with Gasteiger partial charge >= 0.3 is 0 Å². The zero-order valence-corrected chi connectivity index (χ0v) is 11.7. The summed E-state index contributed by atoms with van der Waals surface area (Å²) >= 11 is 1.97. The quantitative estimate of drug-likeness (QED) is 0.800. The van der Waals surface area contributed by atoms with Gasteiger partial charge in [0, 0.05) is 23.4 Å². The van der Waals surface area contributed by atoms with E-state index in [0.717, 1.165) is 13.1 Å². The minimum atomic E-state index is 0.269. The Labute approximate surface area is 99.2 Å². The molecule has 0 radical (unpaired) electrons. The van der Waals surface area contributed by atoms with Gasteiger partial charge in [-0.15, -0.1) is 0 Å². The molecule has 0 bridgehead atoms. The lowest BCUT2D eigenvalue weighted by molar-refractivity contribution is 0.218. The Morgan fingerprint density at radius 2 is 2.07 bits per heavy atom. The number of nitrogens with one attached hydrogen (secondary N) is 1. The first-order chi connectivity index (χ1) is 6.85. The summed E-state index contributed by atoms with van der Waals surface area (Å²) in [7, 11) is 0. The fourth-order valence-corrected chi connectivity index (χ4v) is 2.47. The predicted octanol–water partition coefficient (Wildman–Crippen LogP) is 2.20. The molecule has 1 heterocycles. The molecular weight excluding hydrogens is 204 g/mol. The van der Waals surface area contributed by atoms with E-state index in [1.807, 2.05) is 11.8 Å². The Morgan fingerprint density at radius 3 is 2.67 bits per heavy atom. The van der Waals surface area contributed by atoms with Gasteiger partial charge in [-0.1, -0.05) is 0 Å². The van der Waals surface area contributed by atoms with E-state index in [9.17, 15) is 0 Å². The first-order valence-electron chi connectivity index (χ1n) is 5.87. The van der Waals surface area contributed by atoms with Crippen molar-refractivity contribution in [2.75, 3.05) is 32.4 Å². The molecule has 15 heavy (non-hydrogen) atoms. The standard InChI is InChI=1S/C12H26N2S/c1-11(2)9-14(8-6-7-13-11)10-12(3,4)15-5/h13H,6-10H2,1-5H3. The Kier molecular flexibility index (Phi) is 4.50. The van der Waals surface area contributed by atoms with Crippen molar-refractivity contribution in [3.05, 3.63) is 0 Å². The monoisotopic (exact) mass is 230 g/mol. The highest BCUT2D eigenvalue weighted by atomic mass is 32.2. The summed E-state index contributed by atoms with van der Waals surface area (Å²) in [6.45, 7) is 14.0. The zero-order valence-electron chi connectivity index (χ0n) is 10.9. The van der Waals surface area contributed by atoms with Gasteiger partial charge in [0.15, 0.2) is 0 Å². The summed E-state index contributed by atoms with van der Waals surface area (Å²) in [6.07, 6.45) is 3.48. The van der Waals surface area contributed by atoms with Crippen molar-refractivity contribution in [2.24, 2.45) is 0 Å². The van der Waals surface area contributed by atoms with E-state index in [1.165, 1.54) is 19.5 Å². The summed E-state index contributed by atoms with van der Waals surface area (Å²) in [6, 6.07) is 0. The van der Waals surface area contributed by atoms with Gasteiger partial charge in [0.1, 0.15) is 0 Å². The Morgan fingerprint density at radius 1 is 1.40 bits per heavy atom. The van der Waals surface area contributed by atoms with Crippen molar-refractivity contribution in [1.82, 2.24) is 10.2 Å². The SMILES string of the molecule is CSC(C)(C)CN1CCCNC(C)(C)C1.